The zero-order chi connectivity index (χ0) is 17.8. The standard InChI is InChI=1S/C17H13ClN2O4S/c18-12-5-3-6-13-16(12)11(8-20(13)9-15(21)22)17-10-4-1-2-7-14(10)25(23,24)19-17/h1-8,17,19H,9H2,(H,21,22). The van der Waals surface area contributed by atoms with Crippen molar-refractivity contribution in [3.8, 4) is 0 Å². The van der Waals surface area contributed by atoms with Crippen molar-refractivity contribution in [1.82, 2.24) is 9.29 Å². The number of sulfonamides is 1. The minimum Gasteiger partial charge on any atom is -0.480 e. The number of aromatic nitrogens is 1. The first-order chi connectivity index (χ1) is 11.9. The van der Waals surface area contributed by atoms with Crippen LogP contribution in [0, 0.1) is 0 Å². The molecule has 4 rings (SSSR count). The van der Waals surface area contributed by atoms with E-state index in [0.29, 0.717) is 27.1 Å². The van der Waals surface area contributed by atoms with Gasteiger partial charge in [0.25, 0.3) is 0 Å². The first-order valence-corrected chi connectivity index (χ1v) is 9.35. The number of carbonyl (C=O) groups is 1. The van der Waals surface area contributed by atoms with E-state index in [1.165, 1.54) is 0 Å². The van der Waals surface area contributed by atoms with Crippen molar-refractivity contribution >= 4 is 38.5 Å². The molecule has 0 saturated heterocycles. The molecular formula is C17H13ClN2O4S. The van der Waals surface area contributed by atoms with Crippen molar-refractivity contribution in [2.75, 3.05) is 0 Å². The first-order valence-electron chi connectivity index (χ1n) is 7.49. The van der Waals surface area contributed by atoms with Crippen LogP contribution in [-0.2, 0) is 21.4 Å². The number of aliphatic carboxylic acids is 1. The Kier molecular flexibility index (Phi) is 3.61. The molecule has 0 fully saturated rings. The van der Waals surface area contributed by atoms with Crippen molar-refractivity contribution < 1.29 is 18.3 Å². The van der Waals surface area contributed by atoms with E-state index in [-0.39, 0.29) is 11.4 Å². The highest BCUT2D eigenvalue weighted by molar-refractivity contribution is 7.89. The molecule has 0 spiro atoms. The van der Waals surface area contributed by atoms with Gasteiger partial charge < -0.3 is 9.67 Å². The number of rotatable bonds is 3. The minimum absolute atomic E-state index is 0.228. The lowest BCUT2D eigenvalue weighted by atomic mass is 9.99. The maximum Gasteiger partial charge on any atom is 0.323 e. The number of hydrogen-bond acceptors (Lipinski definition) is 3. The maximum absolute atomic E-state index is 12.4. The second-order valence-electron chi connectivity index (χ2n) is 5.83. The Morgan fingerprint density at radius 3 is 2.68 bits per heavy atom. The molecule has 0 bridgehead atoms. The Morgan fingerprint density at radius 2 is 1.92 bits per heavy atom. The normalized spacial score (nSPS) is 18.4. The first kappa shape index (κ1) is 16.1. The third-order valence-electron chi connectivity index (χ3n) is 4.29. The van der Waals surface area contributed by atoms with Crippen LogP contribution >= 0.6 is 11.6 Å². The van der Waals surface area contributed by atoms with Gasteiger partial charge in [0.1, 0.15) is 6.54 Å². The molecule has 1 atom stereocenters. The summed E-state index contributed by atoms with van der Waals surface area (Å²) in [6.07, 6.45) is 1.65. The van der Waals surface area contributed by atoms with Gasteiger partial charge in [-0.15, -0.1) is 0 Å². The van der Waals surface area contributed by atoms with Crippen molar-refractivity contribution in [2.45, 2.75) is 17.5 Å². The van der Waals surface area contributed by atoms with E-state index in [1.54, 1.807) is 53.2 Å². The summed E-state index contributed by atoms with van der Waals surface area (Å²) < 4.78 is 29.0. The van der Waals surface area contributed by atoms with Gasteiger partial charge in [0.2, 0.25) is 10.0 Å². The molecule has 1 aliphatic rings. The highest BCUT2D eigenvalue weighted by Crippen LogP contribution is 2.40. The monoisotopic (exact) mass is 376 g/mol. The van der Waals surface area contributed by atoms with E-state index in [9.17, 15) is 13.2 Å². The minimum atomic E-state index is -3.62. The van der Waals surface area contributed by atoms with Crippen LogP contribution in [0.4, 0.5) is 0 Å². The largest absolute Gasteiger partial charge is 0.480 e. The fourth-order valence-corrected chi connectivity index (χ4v) is 5.04. The van der Waals surface area contributed by atoms with Crippen LogP contribution < -0.4 is 4.72 Å². The fraction of sp³-hybridized carbons (Fsp3) is 0.118. The van der Waals surface area contributed by atoms with Crippen LogP contribution in [0.1, 0.15) is 17.2 Å². The molecule has 128 valence electrons. The van der Waals surface area contributed by atoms with E-state index in [0.717, 1.165) is 0 Å². The van der Waals surface area contributed by atoms with E-state index in [2.05, 4.69) is 4.72 Å². The summed E-state index contributed by atoms with van der Waals surface area (Å²) in [5.74, 6) is -0.990. The van der Waals surface area contributed by atoms with Crippen LogP contribution in [-0.4, -0.2) is 24.1 Å². The number of nitrogens with zero attached hydrogens (tertiary/aromatic N) is 1. The molecule has 0 amide bonds. The lowest BCUT2D eigenvalue weighted by molar-refractivity contribution is -0.137. The lowest BCUT2D eigenvalue weighted by Gasteiger charge is -2.10. The summed E-state index contributed by atoms with van der Waals surface area (Å²) in [4.78, 5) is 11.4. The Labute approximate surface area is 148 Å². The van der Waals surface area contributed by atoms with Crippen LogP contribution in [0.3, 0.4) is 0 Å². The molecule has 1 aromatic heterocycles. The highest BCUT2D eigenvalue weighted by atomic mass is 35.5. The predicted molar refractivity (Wildman–Crippen MR) is 93.2 cm³/mol. The molecule has 6 nitrogen and oxygen atoms in total. The second kappa shape index (κ2) is 5.59. The quantitative estimate of drug-likeness (QED) is 0.735. The number of carboxylic acid groups (broad SMARTS) is 1. The Balaban J connectivity index is 1.98. The molecule has 3 aromatic rings. The SMILES string of the molecule is O=C(O)Cn1cc(C2NS(=O)(=O)c3ccccc32)c2c(Cl)cccc21. The molecule has 2 heterocycles. The topological polar surface area (TPSA) is 88.4 Å². The molecular weight excluding hydrogens is 364 g/mol. The van der Waals surface area contributed by atoms with Crippen molar-refractivity contribution in [2.24, 2.45) is 0 Å². The van der Waals surface area contributed by atoms with Crippen molar-refractivity contribution in [3.05, 3.63) is 64.8 Å². The van der Waals surface area contributed by atoms with Gasteiger partial charge in [-0.25, -0.2) is 8.42 Å². The van der Waals surface area contributed by atoms with Crippen LogP contribution in [0.15, 0.2) is 53.6 Å². The Bertz CT molecular complexity index is 1120. The second-order valence-corrected chi connectivity index (χ2v) is 7.92. The van der Waals surface area contributed by atoms with Gasteiger partial charge in [0, 0.05) is 17.1 Å². The lowest BCUT2D eigenvalue weighted by Crippen LogP contribution is -2.20. The third-order valence-corrected chi connectivity index (χ3v) is 6.11. The number of benzene rings is 2. The Hall–Kier alpha value is -2.35. The van der Waals surface area contributed by atoms with Gasteiger partial charge in [-0.2, -0.15) is 4.72 Å². The van der Waals surface area contributed by atoms with Crippen molar-refractivity contribution in [3.63, 3.8) is 0 Å². The van der Waals surface area contributed by atoms with Crippen LogP contribution in [0.2, 0.25) is 5.02 Å². The molecule has 1 aliphatic heterocycles. The summed E-state index contributed by atoms with van der Waals surface area (Å²) in [6, 6.07) is 11.3. The fourth-order valence-electron chi connectivity index (χ4n) is 3.31. The highest BCUT2D eigenvalue weighted by Gasteiger charge is 2.36. The Morgan fingerprint density at radius 1 is 1.16 bits per heavy atom. The molecule has 0 saturated carbocycles. The van der Waals surface area contributed by atoms with Gasteiger partial charge in [-0.3, -0.25) is 4.79 Å². The smallest absolute Gasteiger partial charge is 0.323 e. The summed E-state index contributed by atoms with van der Waals surface area (Å²) in [5.41, 5.74) is 1.90. The number of halogens is 1. The van der Waals surface area contributed by atoms with Crippen LogP contribution in [0.25, 0.3) is 10.9 Å². The molecule has 2 N–H and O–H groups in total. The van der Waals surface area contributed by atoms with E-state index >= 15 is 0 Å². The average Bonchev–Trinajstić information content (AvgIpc) is 3.04. The molecule has 0 radical (unpaired) electrons. The van der Waals surface area contributed by atoms with Gasteiger partial charge in [0.15, 0.2) is 0 Å². The molecule has 1 unspecified atom stereocenters. The summed E-state index contributed by atoms with van der Waals surface area (Å²) >= 11 is 6.35. The molecule has 2 aromatic carbocycles. The number of hydrogen-bond donors (Lipinski definition) is 2. The number of fused-ring (bicyclic) bond motifs is 2. The van der Waals surface area contributed by atoms with Crippen molar-refractivity contribution in [1.29, 1.82) is 0 Å². The predicted octanol–water partition coefficient (Wildman–Crippen LogP) is 2.76. The third kappa shape index (κ3) is 2.52. The number of carboxylic acids is 1. The maximum atomic E-state index is 12.4. The number of nitrogens with one attached hydrogen (secondary N) is 1. The van der Waals surface area contributed by atoms with E-state index in [4.69, 9.17) is 16.7 Å². The summed E-state index contributed by atoms with van der Waals surface area (Å²) in [6.45, 7) is -0.238. The molecule has 25 heavy (non-hydrogen) atoms. The van der Waals surface area contributed by atoms with E-state index in [1.807, 2.05) is 0 Å². The average molecular weight is 377 g/mol. The zero-order valence-electron chi connectivity index (χ0n) is 12.8. The summed E-state index contributed by atoms with van der Waals surface area (Å²) in [7, 11) is -3.62. The van der Waals surface area contributed by atoms with E-state index < -0.39 is 22.0 Å². The zero-order valence-corrected chi connectivity index (χ0v) is 14.4. The van der Waals surface area contributed by atoms with Gasteiger partial charge >= 0.3 is 5.97 Å². The van der Waals surface area contributed by atoms with Gasteiger partial charge in [-0.05, 0) is 23.8 Å². The summed E-state index contributed by atoms with van der Waals surface area (Å²) in [5, 5.41) is 10.2. The molecule has 8 heteroatoms. The van der Waals surface area contributed by atoms with Crippen LogP contribution in [0.5, 0.6) is 0 Å². The molecule has 0 aliphatic carbocycles. The van der Waals surface area contributed by atoms with Gasteiger partial charge in [0.05, 0.1) is 21.5 Å². The van der Waals surface area contributed by atoms with Gasteiger partial charge in [-0.1, -0.05) is 35.9 Å².